The number of anilines is 6. The fraction of sp³-hybridized carbons (Fsp3) is 0. The Morgan fingerprint density at radius 2 is 0.643 bits per heavy atom. The Labute approximate surface area is 334 Å². The fourth-order valence-electron chi connectivity index (χ4n) is 8.51. The van der Waals surface area contributed by atoms with E-state index < -0.39 is 6.04 Å². The van der Waals surface area contributed by atoms with Gasteiger partial charge in [-0.2, -0.15) is 0 Å². The molecule has 2 heterocycles. The molecular formula is C54H36N2. The maximum atomic E-state index is 9.20. The van der Waals surface area contributed by atoms with Gasteiger partial charge in [-0.15, -0.1) is 0 Å². The van der Waals surface area contributed by atoms with E-state index in [1.807, 2.05) is 47.4 Å². The van der Waals surface area contributed by atoms with Crippen LogP contribution in [0.25, 0.3) is 66.8 Å². The predicted molar refractivity (Wildman–Crippen MR) is 236 cm³/mol. The van der Waals surface area contributed by atoms with Crippen molar-refractivity contribution in [2.45, 2.75) is 0 Å². The third-order valence-electron chi connectivity index (χ3n) is 11.1. The lowest BCUT2D eigenvalue weighted by molar-refractivity contribution is 1.29. The van der Waals surface area contributed by atoms with Gasteiger partial charge in [0.2, 0.25) is 0 Å². The van der Waals surface area contributed by atoms with Crippen LogP contribution >= 0.6 is 0 Å². The van der Waals surface area contributed by atoms with Crippen molar-refractivity contribution in [3.63, 3.8) is 0 Å². The quantitative estimate of drug-likeness (QED) is 0.179. The number of hydrogen-bond acceptors (Lipinski definition) is 2. The Balaban J connectivity index is 1.15. The third kappa shape index (κ3) is 5.19. The van der Waals surface area contributed by atoms with Gasteiger partial charge in [0, 0.05) is 33.6 Å². The lowest BCUT2D eigenvalue weighted by Crippen LogP contribution is -2.11. The van der Waals surface area contributed by atoms with Crippen LogP contribution in [-0.2, 0) is 0 Å². The second-order valence-electron chi connectivity index (χ2n) is 14.1. The van der Waals surface area contributed by atoms with Crippen molar-refractivity contribution in [1.82, 2.24) is 0 Å². The summed E-state index contributed by atoms with van der Waals surface area (Å²) in [5.41, 5.74) is 17.2. The van der Waals surface area contributed by atoms with Gasteiger partial charge in [0.15, 0.2) is 0 Å². The minimum Gasteiger partial charge on any atom is -0.309 e. The largest absolute Gasteiger partial charge is 0.309 e. The normalized spacial score (nSPS) is 13.5. The Hall–Kier alpha value is -7.42. The highest BCUT2D eigenvalue weighted by Gasteiger charge is 2.28. The molecule has 9 aromatic carbocycles. The predicted octanol–water partition coefficient (Wildman–Crippen LogP) is 15.3. The SMILES string of the molecule is [2H]c1c([2H])c([2H])c(N2c3ccccc3-c3ccccc3-c3ccc(-c4ccc5c(c4)N(c4ccc(-c6ccccc6)cc4)c4ccccc4-c4ccccc4-5)cc32)c([2H])c1[2H]. The summed E-state index contributed by atoms with van der Waals surface area (Å²) in [5, 5.41) is 0. The van der Waals surface area contributed by atoms with E-state index >= 15 is 0 Å². The molecule has 2 aliphatic rings. The molecule has 0 bridgehead atoms. The van der Waals surface area contributed by atoms with Crippen LogP contribution < -0.4 is 9.80 Å². The first-order valence-electron chi connectivity index (χ1n) is 21.4. The summed E-state index contributed by atoms with van der Waals surface area (Å²) >= 11 is 0. The first-order chi connectivity index (χ1) is 29.9. The van der Waals surface area contributed by atoms with Gasteiger partial charge in [-0.1, -0.05) is 170 Å². The van der Waals surface area contributed by atoms with E-state index in [9.17, 15) is 2.74 Å². The average Bonchev–Trinajstić information content (AvgIpc) is 3.52. The van der Waals surface area contributed by atoms with Gasteiger partial charge >= 0.3 is 0 Å². The zero-order valence-corrected chi connectivity index (χ0v) is 30.3. The first kappa shape index (κ1) is 27.2. The Kier molecular flexibility index (Phi) is 6.39. The molecule has 0 unspecified atom stereocenters. The summed E-state index contributed by atoms with van der Waals surface area (Å²) in [6, 6.07) is 63.7. The number of benzene rings is 9. The van der Waals surface area contributed by atoms with Crippen LogP contribution in [-0.4, -0.2) is 0 Å². The molecule has 2 nitrogen and oxygen atoms in total. The van der Waals surface area contributed by atoms with E-state index in [-0.39, 0.29) is 29.9 Å². The number of para-hydroxylation sites is 3. The Morgan fingerprint density at radius 1 is 0.268 bits per heavy atom. The summed E-state index contributed by atoms with van der Waals surface area (Å²) in [7, 11) is 0. The number of nitrogens with zero attached hydrogens (tertiary/aromatic N) is 2. The number of fused-ring (bicyclic) bond motifs is 10. The third-order valence-corrected chi connectivity index (χ3v) is 11.1. The second-order valence-corrected chi connectivity index (χ2v) is 14.1. The van der Waals surface area contributed by atoms with Crippen LogP contribution in [0.15, 0.2) is 218 Å². The van der Waals surface area contributed by atoms with Crippen molar-refractivity contribution < 1.29 is 6.85 Å². The number of rotatable bonds is 4. The van der Waals surface area contributed by atoms with Crippen molar-refractivity contribution in [3.8, 4) is 66.8 Å². The van der Waals surface area contributed by atoms with Gasteiger partial charge < -0.3 is 9.80 Å². The Bertz CT molecular complexity index is 3190. The van der Waals surface area contributed by atoms with Gasteiger partial charge in [-0.3, -0.25) is 0 Å². The van der Waals surface area contributed by atoms with Crippen LogP contribution in [0.4, 0.5) is 34.1 Å². The highest BCUT2D eigenvalue weighted by Crippen LogP contribution is 2.54. The van der Waals surface area contributed by atoms with Crippen LogP contribution in [0, 0.1) is 0 Å². The van der Waals surface area contributed by atoms with Crippen LogP contribution in [0.2, 0.25) is 0 Å². The topological polar surface area (TPSA) is 6.48 Å². The molecule has 0 atom stereocenters. The molecule has 0 aliphatic carbocycles. The first-order valence-corrected chi connectivity index (χ1v) is 18.9. The molecule has 0 N–H and O–H groups in total. The van der Waals surface area contributed by atoms with Crippen LogP contribution in [0.1, 0.15) is 6.85 Å². The molecule has 2 aliphatic heterocycles. The molecular weight excluding hydrogens is 677 g/mol. The van der Waals surface area contributed by atoms with E-state index in [0.29, 0.717) is 5.69 Å². The van der Waals surface area contributed by atoms with E-state index in [4.69, 9.17) is 4.11 Å². The van der Waals surface area contributed by atoms with Crippen molar-refractivity contribution in [2.24, 2.45) is 0 Å². The van der Waals surface area contributed by atoms with Crippen molar-refractivity contribution in [2.75, 3.05) is 9.80 Å². The molecule has 0 saturated heterocycles. The minimum absolute atomic E-state index is 0.102. The van der Waals surface area contributed by atoms with Gasteiger partial charge in [-0.05, 0) is 93.0 Å². The van der Waals surface area contributed by atoms with Crippen molar-refractivity contribution >= 4 is 34.1 Å². The van der Waals surface area contributed by atoms with Gasteiger partial charge in [0.05, 0.1) is 29.6 Å². The van der Waals surface area contributed by atoms with E-state index in [0.717, 1.165) is 89.5 Å². The fourth-order valence-corrected chi connectivity index (χ4v) is 8.51. The highest BCUT2D eigenvalue weighted by molar-refractivity contribution is 6.05. The molecule has 0 saturated carbocycles. The molecule has 11 rings (SSSR count). The lowest BCUT2D eigenvalue weighted by Gasteiger charge is -2.29. The smallest absolute Gasteiger partial charge is 0.0645 e. The van der Waals surface area contributed by atoms with Crippen LogP contribution in [0.3, 0.4) is 0 Å². The summed E-state index contributed by atoms with van der Waals surface area (Å²) in [6.07, 6.45) is 0. The second kappa shape index (κ2) is 13.2. The molecule has 9 aromatic rings. The number of hydrogen-bond donors (Lipinski definition) is 0. The standard InChI is InChI=1S/C54H36N2/c1-3-15-37(16-4-1)38-27-31-42(32-28-38)56-52-26-14-12-24-48(52)44-20-8-10-22-46(44)50-34-30-40(36-54(50)56)39-29-33-49-45-21-9-7-19-43(45)47-23-11-13-25-51(47)55(53(49)35-39)41-17-5-2-6-18-41/h1-36H/i2D,5D,6D,17D,18D. The monoisotopic (exact) mass is 717 g/mol. The van der Waals surface area contributed by atoms with Crippen molar-refractivity contribution in [3.05, 3.63) is 218 Å². The van der Waals surface area contributed by atoms with Gasteiger partial charge in [0.25, 0.3) is 0 Å². The summed E-state index contributed by atoms with van der Waals surface area (Å²) in [6.45, 7) is 0. The van der Waals surface area contributed by atoms with E-state index in [2.05, 4.69) is 150 Å². The summed E-state index contributed by atoms with van der Waals surface area (Å²) in [5.74, 6) is 0. The maximum absolute atomic E-state index is 9.20. The molecule has 0 amide bonds. The van der Waals surface area contributed by atoms with Gasteiger partial charge in [0.1, 0.15) is 0 Å². The molecule has 0 spiro atoms. The molecule has 2 heteroatoms. The zero-order chi connectivity index (χ0) is 41.4. The Morgan fingerprint density at radius 3 is 1.14 bits per heavy atom. The van der Waals surface area contributed by atoms with Gasteiger partial charge in [-0.25, -0.2) is 0 Å². The molecule has 56 heavy (non-hydrogen) atoms. The summed E-state index contributed by atoms with van der Waals surface area (Å²) < 4.78 is 44.2. The van der Waals surface area contributed by atoms with Crippen molar-refractivity contribution in [1.29, 1.82) is 0 Å². The van der Waals surface area contributed by atoms with E-state index in [1.165, 1.54) is 0 Å². The molecule has 0 fully saturated rings. The lowest BCUT2D eigenvalue weighted by atomic mass is 9.91. The van der Waals surface area contributed by atoms with Crippen LogP contribution in [0.5, 0.6) is 0 Å². The minimum atomic E-state index is -0.425. The summed E-state index contributed by atoms with van der Waals surface area (Å²) in [4.78, 5) is 4.22. The molecule has 0 aromatic heterocycles. The molecule has 0 radical (unpaired) electrons. The maximum Gasteiger partial charge on any atom is 0.0645 e. The molecule has 262 valence electrons. The zero-order valence-electron chi connectivity index (χ0n) is 35.3. The van der Waals surface area contributed by atoms with E-state index in [1.54, 1.807) is 0 Å². The highest BCUT2D eigenvalue weighted by atomic mass is 15.2. The average molecular weight is 718 g/mol.